The van der Waals surface area contributed by atoms with Gasteiger partial charge in [-0.15, -0.1) is 0 Å². The summed E-state index contributed by atoms with van der Waals surface area (Å²) in [5, 5.41) is 3.28. The van der Waals surface area contributed by atoms with E-state index in [2.05, 4.69) is 5.32 Å². The molecule has 1 heterocycles. The molecule has 0 saturated carbocycles. The molecule has 0 spiro atoms. The zero-order chi connectivity index (χ0) is 25.0. The number of carbonyl (C=O) groups is 3. The molecule has 1 aliphatic rings. The van der Waals surface area contributed by atoms with E-state index in [1.54, 1.807) is 52.0 Å². The third kappa shape index (κ3) is 6.60. The minimum absolute atomic E-state index is 0.241. The highest BCUT2D eigenvalue weighted by molar-refractivity contribution is 6.19. The number of anilines is 2. The molecule has 0 saturated heterocycles. The van der Waals surface area contributed by atoms with Crippen LogP contribution in [0.15, 0.2) is 18.2 Å². The predicted octanol–water partition coefficient (Wildman–Crippen LogP) is 2.88. The Balaban J connectivity index is 1.81. The van der Waals surface area contributed by atoms with Crippen molar-refractivity contribution in [2.24, 2.45) is 5.41 Å². The summed E-state index contributed by atoms with van der Waals surface area (Å²) in [7, 11) is 5.07. The number of ether oxygens (including phenoxy) is 2. The lowest BCUT2D eigenvalue weighted by Crippen LogP contribution is -2.46. The number of rotatable bonds is 8. The summed E-state index contributed by atoms with van der Waals surface area (Å²) in [4.78, 5) is 42.1. The molecular formula is C24H38N4O5. The lowest BCUT2D eigenvalue weighted by molar-refractivity contribution is -0.137. The fourth-order valence-corrected chi connectivity index (χ4v) is 3.48. The molecule has 1 N–H and O–H groups in total. The van der Waals surface area contributed by atoms with E-state index in [4.69, 9.17) is 9.47 Å². The molecule has 0 aromatic heterocycles. The maximum absolute atomic E-state index is 12.8. The highest BCUT2D eigenvalue weighted by Crippen LogP contribution is 2.39. The third-order valence-corrected chi connectivity index (χ3v) is 5.44. The van der Waals surface area contributed by atoms with Crippen molar-refractivity contribution in [2.45, 2.75) is 46.6 Å². The lowest BCUT2D eigenvalue weighted by Gasteiger charge is -2.25. The van der Waals surface area contributed by atoms with Crippen LogP contribution >= 0.6 is 0 Å². The van der Waals surface area contributed by atoms with Crippen molar-refractivity contribution in [1.29, 1.82) is 0 Å². The van der Waals surface area contributed by atoms with Gasteiger partial charge < -0.3 is 29.5 Å². The third-order valence-electron chi connectivity index (χ3n) is 5.44. The number of benzene rings is 1. The van der Waals surface area contributed by atoms with E-state index in [0.717, 1.165) is 13.0 Å². The fraction of sp³-hybridized carbons (Fsp3) is 0.625. The monoisotopic (exact) mass is 462 g/mol. The SMILES string of the molecule is CN(CCNCCCOc1ccc2c(c1)N(C)C(=O)C(C)(C)C(=O)N2C)C(=O)OC(C)(C)C. The Morgan fingerprint density at radius 3 is 2.27 bits per heavy atom. The van der Waals surface area contributed by atoms with Crippen LogP contribution in [-0.2, 0) is 14.3 Å². The standard InChI is InChI=1S/C24H38N4O5/c1-23(2,3)33-22(31)26(6)14-13-25-12-9-15-32-17-10-11-18-19(16-17)28(8)21(30)24(4,5)20(29)27(18)7/h10-11,16,25H,9,12-15H2,1-8H3. The molecule has 0 radical (unpaired) electrons. The number of carbonyl (C=O) groups excluding carboxylic acids is 3. The first-order chi connectivity index (χ1) is 15.3. The molecule has 9 nitrogen and oxygen atoms in total. The number of hydrogen-bond donors (Lipinski definition) is 1. The first-order valence-corrected chi connectivity index (χ1v) is 11.2. The van der Waals surface area contributed by atoms with Crippen LogP contribution in [0.2, 0.25) is 0 Å². The largest absolute Gasteiger partial charge is 0.493 e. The summed E-state index contributed by atoms with van der Waals surface area (Å²) in [6.45, 7) is 11.2. The first-order valence-electron chi connectivity index (χ1n) is 11.2. The molecule has 3 amide bonds. The molecule has 0 fully saturated rings. The molecule has 0 bridgehead atoms. The number of nitrogens with zero attached hydrogens (tertiary/aromatic N) is 3. The molecule has 0 aliphatic carbocycles. The molecule has 1 aromatic rings. The molecule has 1 aliphatic heterocycles. The Morgan fingerprint density at radius 2 is 1.67 bits per heavy atom. The molecular weight excluding hydrogens is 424 g/mol. The molecule has 184 valence electrons. The summed E-state index contributed by atoms with van der Waals surface area (Å²) in [5.41, 5.74) is -0.325. The average molecular weight is 463 g/mol. The first kappa shape index (κ1) is 26.4. The molecule has 1 aromatic carbocycles. The van der Waals surface area contributed by atoms with Gasteiger partial charge in [-0.2, -0.15) is 0 Å². The Bertz CT molecular complexity index is 878. The van der Waals surface area contributed by atoms with E-state index in [1.165, 1.54) is 9.80 Å². The van der Waals surface area contributed by atoms with Gasteiger partial charge in [0.1, 0.15) is 16.8 Å². The predicted molar refractivity (Wildman–Crippen MR) is 129 cm³/mol. The summed E-state index contributed by atoms with van der Waals surface area (Å²) < 4.78 is 11.2. The van der Waals surface area contributed by atoms with Crippen molar-refractivity contribution in [3.63, 3.8) is 0 Å². The van der Waals surface area contributed by atoms with Crippen molar-refractivity contribution >= 4 is 29.3 Å². The van der Waals surface area contributed by atoms with Crippen molar-refractivity contribution < 1.29 is 23.9 Å². The van der Waals surface area contributed by atoms with Crippen molar-refractivity contribution in [2.75, 3.05) is 57.2 Å². The normalized spacial score (nSPS) is 15.8. The van der Waals surface area contributed by atoms with Crippen molar-refractivity contribution in [3.8, 4) is 5.75 Å². The van der Waals surface area contributed by atoms with E-state index in [0.29, 0.717) is 36.8 Å². The quantitative estimate of drug-likeness (QED) is 0.472. The zero-order valence-electron chi connectivity index (χ0n) is 21.2. The van der Waals surface area contributed by atoms with E-state index in [9.17, 15) is 14.4 Å². The molecule has 33 heavy (non-hydrogen) atoms. The summed E-state index contributed by atoms with van der Waals surface area (Å²) in [6, 6.07) is 5.41. The lowest BCUT2D eigenvalue weighted by atomic mass is 9.90. The van der Waals surface area contributed by atoms with Crippen LogP contribution in [0.5, 0.6) is 5.75 Å². The zero-order valence-corrected chi connectivity index (χ0v) is 21.2. The Hall–Kier alpha value is -2.81. The average Bonchev–Trinajstić information content (AvgIpc) is 2.78. The van der Waals surface area contributed by atoms with Crippen LogP contribution in [0.1, 0.15) is 41.0 Å². The Kier molecular flexibility index (Phi) is 8.35. The summed E-state index contributed by atoms with van der Waals surface area (Å²) in [5.74, 6) is 0.143. The van der Waals surface area contributed by atoms with Gasteiger partial charge in [0.25, 0.3) is 0 Å². The highest BCUT2D eigenvalue weighted by atomic mass is 16.6. The minimum Gasteiger partial charge on any atom is -0.493 e. The van der Waals surface area contributed by atoms with Gasteiger partial charge >= 0.3 is 6.09 Å². The van der Waals surface area contributed by atoms with Gasteiger partial charge in [0.15, 0.2) is 0 Å². The Morgan fingerprint density at radius 1 is 1.06 bits per heavy atom. The smallest absolute Gasteiger partial charge is 0.410 e. The van der Waals surface area contributed by atoms with E-state index >= 15 is 0 Å². The molecule has 9 heteroatoms. The van der Waals surface area contributed by atoms with Gasteiger partial charge in [0, 0.05) is 40.3 Å². The fourth-order valence-electron chi connectivity index (χ4n) is 3.48. The maximum Gasteiger partial charge on any atom is 0.410 e. The number of fused-ring (bicyclic) bond motifs is 1. The number of hydrogen-bond acceptors (Lipinski definition) is 6. The van der Waals surface area contributed by atoms with Crippen LogP contribution in [-0.4, -0.2) is 75.8 Å². The van der Waals surface area contributed by atoms with Gasteiger partial charge in [-0.3, -0.25) is 9.59 Å². The van der Waals surface area contributed by atoms with Crippen LogP contribution in [0.25, 0.3) is 0 Å². The number of amides is 3. The van der Waals surface area contributed by atoms with Gasteiger partial charge in [-0.05, 0) is 59.7 Å². The van der Waals surface area contributed by atoms with Crippen molar-refractivity contribution in [3.05, 3.63) is 18.2 Å². The van der Waals surface area contributed by atoms with E-state index < -0.39 is 11.0 Å². The second kappa shape index (κ2) is 10.4. The van der Waals surface area contributed by atoms with Gasteiger partial charge in [0.05, 0.1) is 18.0 Å². The van der Waals surface area contributed by atoms with Crippen molar-refractivity contribution in [1.82, 2.24) is 10.2 Å². The highest BCUT2D eigenvalue weighted by Gasteiger charge is 2.44. The van der Waals surface area contributed by atoms with Crippen LogP contribution in [0.4, 0.5) is 16.2 Å². The minimum atomic E-state index is -1.13. The molecule has 0 unspecified atom stereocenters. The van der Waals surface area contributed by atoms with E-state index in [-0.39, 0.29) is 17.9 Å². The summed E-state index contributed by atoms with van der Waals surface area (Å²) in [6.07, 6.45) is 0.433. The Labute approximate surface area is 197 Å². The molecule has 0 atom stereocenters. The van der Waals surface area contributed by atoms with E-state index in [1.807, 2.05) is 26.8 Å². The molecule has 2 rings (SSSR count). The van der Waals surface area contributed by atoms with Gasteiger partial charge in [-0.25, -0.2) is 4.79 Å². The van der Waals surface area contributed by atoms with Gasteiger partial charge in [-0.1, -0.05) is 0 Å². The second-order valence-corrected chi connectivity index (χ2v) is 9.86. The second-order valence-electron chi connectivity index (χ2n) is 9.86. The van der Waals surface area contributed by atoms with Crippen LogP contribution < -0.4 is 19.9 Å². The maximum atomic E-state index is 12.8. The number of nitrogens with one attached hydrogen (secondary N) is 1. The number of likely N-dealkylation sites (N-methyl/N-ethyl adjacent to an activating group) is 1. The van der Waals surface area contributed by atoms with Gasteiger partial charge in [0.2, 0.25) is 11.8 Å². The van der Waals surface area contributed by atoms with Crippen LogP contribution in [0.3, 0.4) is 0 Å². The summed E-state index contributed by atoms with van der Waals surface area (Å²) >= 11 is 0. The topological polar surface area (TPSA) is 91.4 Å². The van der Waals surface area contributed by atoms with Crippen LogP contribution in [0, 0.1) is 5.41 Å².